The molecule has 3 heteroatoms. The lowest BCUT2D eigenvalue weighted by molar-refractivity contribution is 1.29. The third-order valence-electron chi connectivity index (χ3n) is 8.09. The molecule has 38 heavy (non-hydrogen) atoms. The second-order valence-corrected chi connectivity index (χ2v) is 10.1. The normalized spacial score (nSPS) is 12.2. The van der Waals surface area contributed by atoms with Gasteiger partial charge in [0.1, 0.15) is 0 Å². The van der Waals surface area contributed by atoms with Gasteiger partial charge >= 0.3 is 0 Å². The highest BCUT2D eigenvalue weighted by Gasteiger charge is 2.18. The van der Waals surface area contributed by atoms with E-state index in [1.807, 2.05) is 0 Å². The highest BCUT2D eigenvalue weighted by atomic mass is 15.0. The smallest absolute Gasteiger partial charge is 0.0985 e. The first-order valence-electron chi connectivity index (χ1n) is 13.0. The molecule has 0 amide bonds. The molecule has 0 aliphatic carbocycles. The third kappa shape index (κ3) is 2.55. The Balaban J connectivity index is 1.70. The first kappa shape index (κ1) is 20.0. The fourth-order valence-corrected chi connectivity index (χ4v) is 6.35. The van der Waals surface area contributed by atoms with Crippen molar-refractivity contribution in [2.24, 2.45) is 0 Å². The summed E-state index contributed by atoms with van der Waals surface area (Å²) in [5.74, 6) is 0. The quantitative estimate of drug-likeness (QED) is 0.211. The molecule has 0 fully saturated rings. The molecule has 0 N–H and O–H groups in total. The molecule has 5 aromatic carbocycles. The Kier molecular flexibility index (Phi) is 3.79. The maximum atomic E-state index is 5.08. The molecule has 176 valence electrons. The summed E-state index contributed by atoms with van der Waals surface area (Å²) in [6.45, 7) is 0. The second-order valence-electron chi connectivity index (χ2n) is 10.1. The number of nitrogens with zero attached hydrogens (tertiary/aromatic N) is 3. The lowest BCUT2D eigenvalue weighted by atomic mass is 10.1. The largest absolute Gasteiger partial charge is 0.307 e. The van der Waals surface area contributed by atoms with Crippen LogP contribution in [0.2, 0.25) is 0 Å². The molecule has 0 unspecified atom stereocenters. The van der Waals surface area contributed by atoms with Crippen LogP contribution >= 0.6 is 0 Å². The van der Waals surface area contributed by atoms with Crippen molar-refractivity contribution in [3.05, 3.63) is 128 Å². The predicted octanol–water partition coefficient (Wildman–Crippen LogP) is 9.07. The van der Waals surface area contributed by atoms with Crippen molar-refractivity contribution in [3.8, 4) is 0 Å². The minimum atomic E-state index is 1.02. The minimum Gasteiger partial charge on any atom is -0.307 e. The molecule has 3 nitrogen and oxygen atoms in total. The number of hydrogen-bond acceptors (Lipinski definition) is 1. The zero-order valence-corrected chi connectivity index (χ0v) is 20.5. The maximum absolute atomic E-state index is 5.08. The van der Waals surface area contributed by atoms with Crippen LogP contribution in [0.5, 0.6) is 0 Å². The highest BCUT2D eigenvalue weighted by molar-refractivity contribution is 6.22. The van der Waals surface area contributed by atoms with Crippen LogP contribution in [0.25, 0.3) is 76.3 Å². The van der Waals surface area contributed by atoms with Crippen LogP contribution in [-0.4, -0.2) is 13.8 Å². The lowest BCUT2D eigenvalue weighted by Gasteiger charge is -2.04. The zero-order chi connectivity index (χ0) is 24.8. The predicted molar refractivity (Wildman–Crippen MR) is 160 cm³/mol. The van der Waals surface area contributed by atoms with E-state index in [4.69, 9.17) is 4.98 Å². The molecule has 0 spiro atoms. The van der Waals surface area contributed by atoms with E-state index in [2.05, 4.69) is 136 Å². The molecule has 0 saturated heterocycles. The fraction of sp³-hybridized carbons (Fsp3) is 0. The molecule has 7 aromatic heterocycles. The van der Waals surface area contributed by atoms with Crippen molar-refractivity contribution in [2.75, 3.05) is 0 Å². The SMILES string of the molecule is c1cc2cc(c1)c1ccc(cc1)n1c3ccccc3c3ncc4c5ccccc5n(c5ccc2cc5)c4c31. The van der Waals surface area contributed by atoms with Gasteiger partial charge in [0.2, 0.25) is 0 Å². The van der Waals surface area contributed by atoms with Gasteiger partial charge in [0, 0.05) is 33.4 Å². The second kappa shape index (κ2) is 7.21. The summed E-state index contributed by atoms with van der Waals surface area (Å²) in [4.78, 5) is 5.08. The van der Waals surface area contributed by atoms with Gasteiger partial charge in [-0.15, -0.1) is 0 Å². The summed E-state index contributed by atoms with van der Waals surface area (Å²) in [5.41, 5.74) is 7.95. The maximum Gasteiger partial charge on any atom is 0.0985 e. The lowest BCUT2D eigenvalue weighted by Crippen LogP contribution is -1.90. The van der Waals surface area contributed by atoms with Crippen LogP contribution in [0.3, 0.4) is 0 Å². The van der Waals surface area contributed by atoms with E-state index >= 15 is 0 Å². The van der Waals surface area contributed by atoms with Crippen LogP contribution in [-0.2, 0) is 0 Å². The van der Waals surface area contributed by atoms with Gasteiger partial charge in [0.25, 0.3) is 0 Å². The number of aromatic nitrogens is 3. The van der Waals surface area contributed by atoms with Gasteiger partial charge in [-0.3, -0.25) is 4.98 Å². The Labute approximate surface area is 217 Å². The fourth-order valence-electron chi connectivity index (χ4n) is 6.35. The van der Waals surface area contributed by atoms with Crippen molar-refractivity contribution >= 4 is 76.3 Å². The molecular formula is C35H21N3. The monoisotopic (exact) mass is 483 g/mol. The van der Waals surface area contributed by atoms with Crippen molar-refractivity contribution in [1.82, 2.24) is 13.8 Å². The van der Waals surface area contributed by atoms with Crippen molar-refractivity contribution in [2.45, 2.75) is 0 Å². The summed E-state index contributed by atoms with van der Waals surface area (Å²) in [7, 11) is 0. The molecule has 0 atom stereocenters. The number of fused-ring (bicyclic) bond motifs is 4. The Hall–Kier alpha value is -5.15. The summed E-state index contributed by atoms with van der Waals surface area (Å²) in [6, 6.07) is 44.0. The van der Waals surface area contributed by atoms with Crippen LogP contribution in [0.4, 0.5) is 0 Å². The number of rotatable bonds is 0. The van der Waals surface area contributed by atoms with Crippen molar-refractivity contribution < 1.29 is 0 Å². The van der Waals surface area contributed by atoms with E-state index in [0.29, 0.717) is 0 Å². The minimum absolute atomic E-state index is 1.02. The molecule has 0 aliphatic heterocycles. The molecular weight excluding hydrogens is 462 g/mol. The third-order valence-corrected chi connectivity index (χ3v) is 8.09. The van der Waals surface area contributed by atoms with Crippen molar-refractivity contribution in [3.63, 3.8) is 0 Å². The molecule has 0 radical (unpaired) electrons. The van der Waals surface area contributed by atoms with Gasteiger partial charge in [-0.1, -0.05) is 78.9 Å². The van der Waals surface area contributed by atoms with Gasteiger partial charge < -0.3 is 8.80 Å². The first-order valence-corrected chi connectivity index (χ1v) is 13.0. The molecule has 7 heterocycles. The number of benzene rings is 5. The van der Waals surface area contributed by atoms with E-state index in [1.54, 1.807) is 0 Å². The number of pyridine rings is 1. The zero-order valence-electron chi connectivity index (χ0n) is 20.5. The van der Waals surface area contributed by atoms with E-state index < -0.39 is 0 Å². The van der Waals surface area contributed by atoms with Gasteiger partial charge in [-0.2, -0.15) is 0 Å². The highest BCUT2D eigenvalue weighted by Crippen LogP contribution is 2.38. The van der Waals surface area contributed by atoms with E-state index in [9.17, 15) is 0 Å². The van der Waals surface area contributed by atoms with Crippen LogP contribution in [0, 0.1) is 0 Å². The van der Waals surface area contributed by atoms with Gasteiger partial charge in [0.15, 0.2) is 0 Å². The summed E-state index contributed by atoms with van der Waals surface area (Å²) < 4.78 is 4.81. The summed E-state index contributed by atoms with van der Waals surface area (Å²) >= 11 is 0. The van der Waals surface area contributed by atoms with Gasteiger partial charge in [-0.05, 0) is 64.0 Å². The average molecular weight is 484 g/mol. The van der Waals surface area contributed by atoms with E-state index in [0.717, 1.165) is 38.4 Å². The Bertz CT molecular complexity index is 2250. The molecule has 0 aliphatic rings. The summed E-state index contributed by atoms with van der Waals surface area (Å²) in [6.07, 6.45) is 2.06. The Morgan fingerprint density at radius 1 is 0.421 bits per heavy atom. The first-order chi connectivity index (χ1) is 18.8. The molecule has 12 rings (SSSR count). The van der Waals surface area contributed by atoms with Crippen molar-refractivity contribution in [1.29, 1.82) is 0 Å². The molecule has 0 saturated carbocycles. The Morgan fingerprint density at radius 3 is 1.63 bits per heavy atom. The van der Waals surface area contributed by atoms with Crippen LogP contribution < -0.4 is 0 Å². The number of para-hydroxylation sites is 2. The summed E-state index contributed by atoms with van der Waals surface area (Å²) in [5, 5.41) is 8.39. The van der Waals surface area contributed by atoms with Gasteiger partial charge in [0.05, 0.1) is 27.6 Å². The van der Waals surface area contributed by atoms with E-state index in [1.165, 1.54) is 38.0 Å². The van der Waals surface area contributed by atoms with E-state index in [-0.39, 0.29) is 0 Å². The number of hydrogen-bond donors (Lipinski definition) is 0. The van der Waals surface area contributed by atoms with Gasteiger partial charge in [-0.25, -0.2) is 0 Å². The van der Waals surface area contributed by atoms with Crippen LogP contribution in [0.15, 0.2) is 128 Å². The standard InChI is InChI=1S/C35H21N3/c1-3-10-31-28(8-1)30-21-36-33-29-9-2-4-11-32(29)38-27-18-14-23(15-19-27)25-7-5-6-24(20-25)22-12-16-26(17-13-22)37(31)34(30)35(33)38/h1-21H. The topological polar surface area (TPSA) is 21.7 Å². The van der Waals surface area contributed by atoms with Crippen LogP contribution in [0.1, 0.15) is 0 Å². The molecule has 6 bridgehead atoms. The average Bonchev–Trinajstić information content (AvgIpc) is 3.50. The Morgan fingerprint density at radius 2 is 0.974 bits per heavy atom. The molecule has 12 aromatic rings.